The van der Waals surface area contributed by atoms with Crippen molar-refractivity contribution >= 4 is 11.9 Å². The summed E-state index contributed by atoms with van der Waals surface area (Å²) in [6.07, 6.45) is 1.000. The molecule has 0 saturated carbocycles. The zero-order valence-corrected chi connectivity index (χ0v) is 10.7. The molecule has 1 N–H and O–H groups in total. The highest BCUT2D eigenvalue weighted by Crippen LogP contribution is 2.08. The minimum absolute atomic E-state index is 0.0163. The van der Waals surface area contributed by atoms with Gasteiger partial charge >= 0.3 is 5.97 Å². The summed E-state index contributed by atoms with van der Waals surface area (Å²) in [5.74, 6) is 0.208. The van der Waals surface area contributed by atoms with Crippen LogP contribution in [0.1, 0.15) is 40.5 Å². The van der Waals surface area contributed by atoms with Crippen molar-refractivity contribution in [3.8, 4) is 0 Å². The van der Waals surface area contributed by atoms with Gasteiger partial charge in [0.05, 0.1) is 6.61 Å². The van der Waals surface area contributed by atoms with Gasteiger partial charge in [-0.15, -0.1) is 0 Å². The molecule has 0 aliphatic rings. The molecule has 1 atom stereocenters. The lowest BCUT2D eigenvalue weighted by atomic mass is 9.97. The molecule has 16 heavy (non-hydrogen) atoms. The Morgan fingerprint density at radius 2 is 1.88 bits per heavy atom. The maximum Gasteiger partial charge on any atom is 0.305 e. The number of esters is 1. The fourth-order valence-corrected chi connectivity index (χ4v) is 1.14. The van der Waals surface area contributed by atoms with Gasteiger partial charge in [0.25, 0.3) is 0 Å². The lowest BCUT2D eigenvalue weighted by Crippen LogP contribution is -2.32. The number of hydrogen-bond acceptors (Lipinski definition) is 3. The summed E-state index contributed by atoms with van der Waals surface area (Å²) in [7, 11) is 0. The van der Waals surface area contributed by atoms with E-state index in [1.165, 1.54) is 0 Å². The molecular weight excluding hydrogens is 206 g/mol. The van der Waals surface area contributed by atoms with Gasteiger partial charge in [0, 0.05) is 18.9 Å². The second-order valence-corrected chi connectivity index (χ2v) is 4.23. The number of carbonyl (C=O) groups is 2. The second-order valence-electron chi connectivity index (χ2n) is 4.23. The van der Waals surface area contributed by atoms with E-state index in [1.54, 1.807) is 6.92 Å². The molecule has 0 aliphatic heterocycles. The van der Waals surface area contributed by atoms with Crippen molar-refractivity contribution in [3.05, 3.63) is 0 Å². The summed E-state index contributed by atoms with van der Waals surface area (Å²) in [5.41, 5.74) is 0. The van der Waals surface area contributed by atoms with E-state index in [1.807, 2.05) is 20.8 Å². The molecule has 4 heteroatoms. The van der Waals surface area contributed by atoms with Gasteiger partial charge in [0.1, 0.15) is 0 Å². The van der Waals surface area contributed by atoms with Crippen molar-refractivity contribution in [3.63, 3.8) is 0 Å². The van der Waals surface area contributed by atoms with E-state index >= 15 is 0 Å². The first-order valence-corrected chi connectivity index (χ1v) is 5.92. The van der Waals surface area contributed by atoms with Crippen LogP contribution < -0.4 is 5.32 Å². The second kappa shape index (κ2) is 8.13. The quantitative estimate of drug-likeness (QED) is 0.534. The summed E-state index contributed by atoms with van der Waals surface area (Å²) in [5, 5.41) is 2.81. The van der Waals surface area contributed by atoms with Gasteiger partial charge < -0.3 is 10.1 Å². The van der Waals surface area contributed by atoms with E-state index in [0.717, 1.165) is 0 Å². The Labute approximate surface area is 97.7 Å². The van der Waals surface area contributed by atoms with Crippen LogP contribution in [0.3, 0.4) is 0 Å². The van der Waals surface area contributed by atoms with Gasteiger partial charge in [-0.05, 0) is 19.3 Å². The zero-order chi connectivity index (χ0) is 12.6. The Hall–Kier alpha value is -1.06. The molecular formula is C12H23NO3. The number of ether oxygens (including phenoxy) is 1. The molecule has 1 amide bonds. The molecule has 0 aromatic rings. The Kier molecular flexibility index (Phi) is 7.60. The van der Waals surface area contributed by atoms with Gasteiger partial charge in [-0.1, -0.05) is 20.8 Å². The van der Waals surface area contributed by atoms with Gasteiger partial charge in [-0.3, -0.25) is 9.59 Å². The Balaban J connectivity index is 3.59. The Morgan fingerprint density at radius 1 is 1.25 bits per heavy atom. The molecule has 0 bridgehead atoms. The smallest absolute Gasteiger partial charge is 0.305 e. The average Bonchev–Trinajstić information content (AvgIpc) is 2.23. The van der Waals surface area contributed by atoms with E-state index in [0.29, 0.717) is 31.9 Å². The monoisotopic (exact) mass is 229 g/mol. The molecule has 0 aromatic carbocycles. The molecule has 4 nitrogen and oxygen atoms in total. The number of carbonyl (C=O) groups excluding carboxylic acids is 2. The van der Waals surface area contributed by atoms with E-state index in [2.05, 4.69) is 5.32 Å². The van der Waals surface area contributed by atoms with Gasteiger partial charge in [-0.2, -0.15) is 0 Å². The van der Waals surface area contributed by atoms with Crippen LogP contribution in [0.2, 0.25) is 0 Å². The van der Waals surface area contributed by atoms with Gasteiger partial charge in [-0.25, -0.2) is 0 Å². The SMILES string of the molecule is CCOC(=O)CCCNC(=O)C(C)C(C)C. The molecule has 1 unspecified atom stereocenters. The molecule has 0 saturated heterocycles. The fraction of sp³-hybridized carbons (Fsp3) is 0.833. The van der Waals surface area contributed by atoms with Crippen LogP contribution in [0, 0.1) is 11.8 Å². The molecule has 0 rings (SSSR count). The number of amides is 1. The Morgan fingerprint density at radius 3 is 2.38 bits per heavy atom. The molecule has 0 heterocycles. The predicted molar refractivity (Wildman–Crippen MR) is 62.9 cm³/mol. The summed E-state index contributed by atoms with van der Waals surface area (Å²) in [6.45, 7) is 8.67. The van der Waals surface area contributed by atoms with Crippen LogP contribution in [-0.2, 0) is 14.3 Å². The molecule has 0 radical (unpaired) electrons. The molecule has 0 fully saturated rings. The van der Waals surface area contributed by atoms with Crippen LogP contribution in [-0.4, -0.2) is 25.0 Å². The highest BCUT2D eigenvalue weighted by atomic mass is 16.5. The maximum atomic E-state index is 11.5. The van der Waals surface area contributed by atoms with Crippen molar-refractivity contribution in [2.24, 2.45) is 11.8 Å². The van der Waals surface area contributed by atoms with Crippen molar-refractivity contribution in [2.45, 2.75) is 40.5 Å². The molecule has 0 aromatic heterocycles. The van der Waals surface area contributed by atoms with Crippen molar-refractivity contribution in [1.29, 1.82) is 0 Å². The summed E-state index contributed by atoms with van der Waals surface area (Å²) in [4.78, 5) is 22.5. The Bertz CT molecular complexity index is 226. The van der Waals surface area contributed by atoms with E-state index in [9.17, 15) is 9.59 Å². The number of nitrogens with one attached hydrogen (secondary N) is 1. The summed E-state index contributed by atoms with van der Waals surface area (Å²) < 4.78 is 4.78. The number of rotatable bonds is 7. The summed E-state index contributed by atoms with van der Waals surface area (Å²) >= 11 is 0. The largest absolute Gasteiger partial charge is 0.466 e. The van der Waals surface area contributed by atoms with Crippen molar-refractivity contribution in [1.82, 2.24) is 5.32 Å². The van der Waals surface area contributed by atoms with E-state index < -0.39 is 0 Å². The highest BCUT2D eigenvalue weighted by molar-refractivity contribution is 5.78. The molecule has 0 aliphatic carbocycles. The van der Waals surface area contributed by atoms with Crippen molar-refractivity contribution < 1.29 is 14.3 Å². The topological polar surface area (TPSA) is 55.4 Å². The van der Waals surface area contributed by atoms with Gasteiger partial charge in [0.2, 0.25) is 5.91 Å². The van der Waals surface area contributed by atoms with Crippen LogP contribution in [0.15, 0.2) is 0 Å². The lowest BCUT2D eigenvalue weighted by Gasteiger charge is -2.14. The lowest BCUT2D eigenvalue weighted by molar-refractivity contribution is -0.143. The number of hydrogen-bond donors (Lipinski definition) is 1. The molecule has 94 valence electrons. The predicted octanol–water partition coefficient (Wildman–Crippen LogP) is 1.74. The van der Waals surface area contributed by atoms with E-state index in [4.69, 9.17) is 4.74 Å². The first kappa shape index (κ1) is 14.9. The first-order valence-electron chi connectivity index (χ1n) is 5.92. The van der Waals surface area contributed by atoms with Gasteiger partial charge in [0.15, 0.2) is 0 Å². The van der Waals surface area contributed by atoms with Crippen LogP contribution in [0.25, 0.3) is 0 Å². The summed E-state index contributed by atoms with van der Waals surface area (Å²) in [6, 6.07) is 0. The third-order valence-corrected chi connectivity index (χ3v) is 2.58. The first-order chi connectivity index (χ1) is 7.49. The van der Waals surface area contributed by atoms with Crippen LogP contribution >= 0.6 is 0 Å². The minimum Gasteiger partial charge on any atom is -0.466 e. The standard InChI is InChI=1S/C12H23NO3/c1-5-16-11(14)7-6-8-13-12(15)10(4)9(2)3/h9-10H,5-8H2,1-4H3,(H,13,15). The van der Waals surface area contributed by atoms with Crippen molar-refractivity contribution in [2.75, 3.05) is 13.2 Å². The maximum absolute atomic E-state index is 11.5. The van der Waals surface area contributed by atoms with Crippen LogP contribution in [0.4, 0.5) is 0 Å². The molecule has 0 spiro atoms. The third-order valence-electron chi connectivity index (χ3n) is 2.58. The zero-order valence-electron chi connectivity index (χ0n) is 10.7. The highest BCUT2D eigenvalue weighted by Gasteiger charge is 2.15. The minimum atomic E-state index is -0.200. The normalized spacial score (nSPS) is 12.3. The average molecular weight is 229 g/mol. The third kappa shape index (κ3) is 6.43. The fourth-order valence-electron chi connectivity index (χ4n) is 1.14. The van der Waals surface area contributed by atoms with Crippen LogP contribution in [0.5, 0.6) is 0 Å². The van der Waals surface area contributed by atoms with E-state index in [-0.39, 0.29) is 17.8 Å².